The van der Waals surface area contributed by atoms with Crippen molar-refractivity contribution in [3.8, 4) is 0 Å². The van der Waals surface area contributed by atoms with Gasteiger partial charge in [-0.2, -0.15) is 12.7 Å². The van der Waals surface area contributed by atoms with Crippen LogP contribution in [0.2, 0.25) is 0 Å². The summed E-state index contributed by atoms with van der Waals surface area (Å²) in [5.41, 5.74) is 1.04. The number of aryl methyl sites for hydroxylation is 1. The van der Waals surface area contributed by atoms with E-state index in [1.54, 1.807) is 12.3 Å². The molecule has 118 valence electrons. The van der Waals surface area contributed by atoms with Gasteiger partial charge in [-0.25, -0.2) is 4.79 Å². The molecule has 0 aromatic carbocycles. The minimum atomic E-state index is -3.66. The molecule has 1 fully saturated rings. The molecular weight excluding hydrogens is 312 g/mol. The molecule has 0 bridgehead atoms. The molecule has 1 aliphatic rings. The first-order valence-corrected chi connectivity index (χ1v) is 9.14. The number of thiophene rings is 1. The summed E-state index contributed by atoms with van der Waals surface area (Å²) in [6, 6.07) is -0.0308. The van der Waals surface area contributed by atoms with E-state index in [9.17, 15) is 13.2 Å². The Labute approximate surface area is 129 Å². The lowest BCUT2D eigenvalue weighted by Gasteiger charge is -2.32. The fraction of sp³-hybridized carbons (Fsp3) is 0.615. The van der Waals surface area contributed by atoms with Crippen LogP contribution in [0.5, 0.6) is 0 Å². The van der Waals surface area contributed by atoms with Gasteiger partial charge in [0.25, 0.3) is 0 Å². The second-order valence-corrected chi connectivity index (χ2v) is 7.68. The van der Waals surface area contributed by atoms with Crippen LogP contribution in [0.3, 0.4) is 0 Å². The Hall–Kier alpha value is -1.12. The standard InChI is InChI=1S/C13H20N2O4S2/c1-9-8-20-12(13(16)19-3)11(9)14-21(17,18)15-7-5-4-6-10(15)2/h8,10,14H,4-7H2,1-3H3. The van der Waals surface area contributed by atoms with Crippen LogP contribution < -0.4 is 4.72 Å². The molecule has 1 atom stereocenters. The summed E-state index contributed by atoms with van der Waals surface area (Å²) in [5, 5.41) is 1.74. The predicted octanol–water partition coefficient (Wildman–Crippen LogP) is 2.37. The van der Waals surface area contributed by atoms with Crippen molar-refractivity contribution in [1.82, 2.24) is 4.31 Å². The first-order valence-electron chi connectivity index (χ1n) is 6.83. The van der Waals surface area contributed by atoms with Crippen LogP contribution in [0.25, 0.3) is 0 Å². The number of carbonyl (C=O) groups is 1. The number of anilines is 1. The third-order valence-electron chi connectivity index (χ3n) is 3.63. The van der Waals surface area contributed by atoms with Gasteiger partial charge < -0.3 is 4.74 Å². The molecule has 1 N–H and O–H groups in total. The number of hydrogen-bond acceptors (Lipinski definition) is 5. The van der Waals surface area contributed by atoms with Gasteiger partial charge in [-0.1, -0.05) is 6.42 Å². The maximum atomic E-state index is 12.5. The van der Waals surface area contributed by atoms with Gasteiger partial charge in [-0.05, 0) is 37.6 Å². The highest BCUT2D eigenvalue weighted by molar-refractivity contribution is 7.90. The molecule has 1 aromatic heterocycles. The smallest absolute Gasteiger partial charge is 0.350 e. The number of ether oxygens (including phenoxy) is 1. The zero-order valence-corrected chi connectivity index (χ0v) is 14.0. The SMILES string of the molecule is COC(=O)c1scc(C)c1NS(=O)(=O)N1CCCCC1C. The van der Waals surface area contributed by atoms with Gasteiger partial charge in [0.2, 0.25) is 0 Å². The zero-order valence-electron chi connectivity index (χ0n) is 12.4. The van der Waals surface area contributed by atoms with E-state index in [1.807, 2.05) is 6.92 Å². The molecular formula is C13H20N2O4S2. The Morgan fingerprint density at radius 1 is 1.48 bits per heavy atom. The predicted molar refractivity (Wildman–Crippen MR) is 83.0 cm³/mol. The highest BCUT2D eigenvalue weighted by Gasteiger charge is 2.31. The molecule has 2 rings (SSSR count). The number of methoxy groups -OCH3 is 1. The minimum Gasteiger partial charge on any atom is -0.465 e. The van der Waals surface area contributed by atoms with Gasteiger partial charge in [0.15, 0.2) is 0 Å². The van der Waals surface area contributed by atoms with E-state index in [0.717, 1.165) is 19.3 Å². The summed E-state index contributed by atoms with van der Waals surface area (Å²) in [6.07, 6.45) is 2.75. The number of carbonyl (C=O) groups excluding carboxylic acids is 1. The summed E-state index contributed by atoms with van der Waals surface area (Å²) in [5.74, 6) is -0.530. The van der Waals surface area contributed by atoms with Crippen molar-refractivity contribution >= 4 is 33.2 Å². The molecule has 0 spiro atoms. The number of piperidine rings is 1. The molecule has 6 nitrogen and oxygen atoms in total. The van der Waals surface area contributed by atoms with Crippen molar-refractivity contribution in [1.29, 1.82) is 0 Å². The Morgan fingerprint density at radius 3 is 2.81 bits per heavy atom. The van der Waals surface area contributed by atoms with Crippen molar-refractivity contribution in [2.24, 2.45) is 0 Å². The summed E-state index contributed by atoms with van der Waals surface area (Å²) in [4.78, 5) is 12.0. The maximum absolute atomic E-state index is 12.5. The van der Waals surface area contributed by atoms with Crippen LogP contribution >= 0.6 is 11.3 Å². The van der Waals surface area contributed by atoms with Crippen LogP contribution in [-0.4, -0.2) is 38.4 Å². The van der Waals surface area contributed by atoms with Gasteiger partial charge >= 0.3 is 16.2 Å². The normalized spacial score (nSPS) is 20.2. The Bertz CT molecular complexity index is 624. The van der Waals surface area contributed by atoms with Crippen LogP contribution in [-0.2, 0) is 14.9 Å². The first kappa shape index (κ1) is 16.3. The van der Waals surface area contributed by atoms with E-state index in [0.29, 0.717) is 17.8 Å². The third-order valence-corrected chi connectivity index (χ3v) is 6.33. The number of esters is 1. The van der Waals surface area contributed by atoms with E-state index in [2.05, 4.69) is 4.72 Å². The van der Waals surface area contributed by atoms with Gasteiger partial charge in [-0.3, -0.25) is 4.72 Å². The van der Waals surface area contributed by atoms with E-state index in [-0.39, 0.29) is 10.9 Å². The van der Waals surface area contributed by atoms with E-state index < -0.39 is 16.2 Å². The van der Waals surface area contributed by atoms with E-state index >= 15 is 0 Å². The fourth-order valence-electron chi connectivity index (χ4n) is 2.43. The quantitative estimate of drug-likeness (QED) is 0.859. The summed E-state index contributed by atoms with van der Waals surface area (Å²) in [6.45, 7) is 4.17. The molecule has 1 unspecified atom stereocenters. The van der Waals surface area contributed by atoms with Crippen molar-refractivity contribution in [2.45, 2.75) is 39.2 Å². The summed E-state index contributed by atoms with van der Waals surface area (Å²) < 4.78 is 33.8. The Kier molecular flexibility index (Phi) is 4.90. The van der Waals surface area contributed by atoms with Crippen LogP contribution in [0, 0.1) is 6.92 Å². The number of rotatable bonds is 4. The van der Waals surface area contributed by atoms with Gasteiger partial charge in [0.1, 0.15) is 4.88 Å². The summed E-state index contributed by atoms with van der Waals surface area (Å²) in [7, 11) is -2.38. The Morgan fingerprint density at radius 2 is 2.19 bits per heavy atom. The molecule has 0 radical (unpaired) electrons. The molecule has 8 heteroatoms. The number of nitrogens with zero attached hydrogens (tertiary/aromatic N) is 1. The molecule has 1 aromatic rings. The molecule has 2 heterocycles. The lowest BCUT2D eigenvalue weighted by molar-refractivity contribution is 0.0607. The molecule has 21 heavy (non-hydrogen) atoms. The average molecular weight is 332 g/mol. The fourth-order valence-corrected chi connectivity index (χ4v) is 5.00. The monoisotopic (exact) mass is 332 g/mol. The number of hydrogen-bond donors (Lipinski definition) is 1. The average Bonchev–Trinajstić information content (AvgIpc) is 2.79. The molecule has 0 aliphatic carbocycles. The van der Waals surface area contributed by atoms with Crippen molar-refractivity contribution < 1.29 is 17.9 Å². The van der Waals surface area contributed by atoms with E-state index in [1.165, 1.54) is 22.8 Å². The lowest BCUT2D eigenvalue weighted by atomic mass is 10.1. The van der Waals surface area contributed by atoms with Gasteiger partial charge in [-0.15, -0.1) is 11.3 Å². The van der Waals surface area contributed by atoms with Crippen LogP contribution in [0.4, 0.5) is 5.69 Å². The van der Waals surface area contributed by atoms with Crippen LogP contribution in [0.15, 0.2) is 5.38 Å². The van der Waals surface area contributed by atoms with Crippen molar-refractivity contribution in [3.05, 3.63) is 15.8 Å². The molecule has 0 saturated carbocycles. The van der Waals surface area contributed by atoms with Crippen molar-refractivity contribution in [2.75, 3.05) is 18.4 Å². The second kappa shape index (κ2) is 6.33. The Balaban J connectivity index is 2.28. The number of nitrogens with one attached hydrogen (secondary N) is 1. The van der Waals surface area contributed by atoms with Gasteiger partial charge in [0.05, 0.1) is 12.8 Å². The highest BCUT2D eigenvalue weighted by Crippen LogP contribution is 2.30. The zero-order chi connectivity index (χ0) is 15.6. The third kappa shape index (κ3) is 3.38. The van der Waals surface area contributed by atoms with Crippen molar-refractivity contribution in [3.63, 3.8) is 0 Å². The first-order chi connectivity index (χ1) is 9.86. The maximum Gasteiger partial charge on any atom is 0.350 e. The van der Waals surface area contributed by atoms with E-state index in [4.69, 9.17) is 4.74 Å². The summed E-state index contributed by atoms with van der Waals surface area (Å²) >= 11 is 1.18. The highest BCUT2D eigenvalue weighted by atomic mass is 32.2. The minimum absolute atomic E-state index is 0.0308. The van der Waals surface area contributed by atoms with Gasteiger partial charge in [0, 0.05) is 12.6 Å². The lowest BCUT2D eigenvalue weighted by Crippen LogP contribution is -2.45. The second-order valence-electron chi connectivity index (χ2n) is 5.18. The molecule has 1 saturated heterocycles. The molecule has 0 amide bonds. The van der Waals surface area contributed by atoms with Crippen LogP contribution in [0.1, 0.15) is 41.4 Å². The topological polar surface area (TPSA) is 75.7 Å². The largest absolute Gasteiger partial charge is 0.465 e. The molecule has 1 aliphatic heterocycles.